The number of urea groups is 1. The van der Waals surface area contributed by atoms with Crippen LogP contribution in [0.1, 0.15) is 115 Å². The molecule has 52 heavy (non-hydrogen) atoms. The Bertz CT molecular complexity index is 1400. The summed E-state index contributed by atoms with van der Waals surface area (Å²) in [4.78, 5) is 97.1. The van der Waals surface area contributed by atoms with Crippen LogP contribution in [0.2, 0.25) is 0 Å². The van der Waals surface area contributed by atoms with Gasteiger partial charge in [-0.2, -0.15) is 0 Å². The van der Waals surface area contributed by atoms with Crippen LogP contribution in [0.4, 0.5) is 4.79 Å². The van der Waals surface area contributed by atoms with Crippen LogP contribution in [0.5, 0.6) is 0 Å². The average Bonchev–Trinajstić information content (AvgIpc) is 3.54. The highest BCUT2D eigenvalue weighted by molar-refractivity contribution is 6.38. The van der Waals surface area contributed by atoms with Crippen molar-refractivity contribution in [3.63, 3.8) is 0 Å². The Morgan fingerprint density at radius 1 is 0.923 bits per heavy atom. The molecular weight excluding hydrogens is 664 g/mol. The minimum Gasteiger partial charge on any atom is -0.346 e. The summed E-state index contributed by atoms with van der Waals surface area (Å²) < 4.78 is 0. The Balaban J connectivity index is 1.88. The monoisotopic (exact) mass is 728 g/mol. The zero-order valence-electron chi connectivity index (χ0n) is 33.4. The SMILES string of the molecule is C=CCNC(=O)C(=O)C(CCC)NC(=O)[C@@H]1[C@H]2CCC(C)(C)[C@H]2CN1C(=O)[C@@H](NC(=O)N[C@H](CN1C(=O)CC(C)(C)CC1=O)C(C)(C)C)C(C)(C)C. The molecule has 3 fully saturated rings. The highest BCUT2D eigenvalue weighted by Gasteiger charge is 2.57. The molecule has 0 bridgehead atoms. The number of hydrogen-bond acceptors (Lipinski definition) is 7. The molecule has 6 atom stereocenters. The molecule has 1 saturated carbocycles. The maximum absolute atomic E-state index is 14.7. The number of ketones is 1. The van der Waals surface area contributed by atoms with Crippen molar-refractivity contribution in [3.8, 4) is 0 Å². The zero-order valence-corrected chi connectivity index (χ0v) is 33.4. The minimum atomic E-state index is -1.06. The van der Waals surface area contributed by atoms with Crippen molar-refractivity contribution < 1.29 is 33.6 Å². The number of piperidine rings is 1. The van der Waals surface area contributed by atoms with Gasteiger partial charge in [0, 0.05) is 32.5 Å². The number of amides is 7. The number of likely N-dealkylation sites (tertiary alicyclic amines) is 2. The summed E-state index contributed by atoms with van der Waals surface area (Å²) in [5, 5.41) is 11.2. The number of fused-ring (bicyclic) bond motifs is 1. The highest BCUT2D eigenvalue weighted by atomic mass is 16.2. The number of nitrogens with one attached hydrogen (secondary N) is 4. The molecule has 3 aliphatic rings. The zero-order chi connectivity index (χ0) is 39.6. The molecule has 13 nitrogen and oxygen atoms in total. The second-order valence-electron chi connectivity index (χ2n) is 18.7. The lowest BCUT2D eigenvalue weighted by Gasteiger charge is -2.40. The van der Waals surface area contributed by atoms with Crippen LogP contribution in [0.15, 0.2) is 12.7 Å². The van der Waals surface area contributed by atoms with Crippen molar-refractivity contribution in [2.45, 2.75) is 139 Å². The van der Waals surface area contributed by atoms with Crippen molar-refractivity contribution in [1.29, 1.82) is 0 Å². The van der Waals surface area contributed by atoms with E-state index in [2.05, 4.69) is 41.7 Å². The molecule has 2 aliphatic heterocycles. The summed E-state index contributed by atoms with van der Waals surface area (Å²) >= 11 is 0. The van der Waals surface area contributed by atoms with E-state index >= 15 is 0 Å². The first kappa shape index (κ1) is 42.6. The van der Waals surface area contributed by atoms with Gasteiger partial charge in [0.15, 0.2) is 0 Å². The van der Waals surface area contributed by atoms with Crippen molar-refractivity contribution in [2.75, 3.05) is 19.6 Å². The second-order valence-corrected chi connectivity index (χ2v) is 18.7. The number of imide groups is 1. The molecule has 0 radical (unpaired) electrons. The molecule has 0 spiro atoms. The first-order valence-electron chi connectivity index (χ1n) is 18.8. The molecule has 1 aliphatic carbocycles. The molecule has 3 rings (SSSR count). The number of carbonyl (C=O) groups is 7. The normalized spacial score (nSPS) is 24.3. The molecular formula is C39H64N6O7. The maximum Gasteiger partial charge on any atom is 0.315 e. The van der Waals surface area contributed by atoms with Crippen LogP contribution in [0, 0.1) is 33.5 Å². The second kappa shape index (κ2) is 16.1. The number of Topliss-reactive ketones (excluding diaryl/α,β-unsaturated/α-hetero) is 1. The maximum atomic E-state index is 14.7. The number of carbonyl (C=O) groups excluding carboxylic acids is 7. The Labute approximate surface area is 310 Å². The van der Waals surface area contributed by atoms with Crippen LogP contribution in [0.25, 0.3) is 0 Å². The molecule has 2 saturated heterocycles. The average molecular weight is 729 g/mol. The lowest BCUT2D eigenvalue weighted by atomic mass is 9.79. The molecule has 2 heterocycles. The van der Waals surface area contributed by atoms with Crippen LogP contribution < -0.4 is 21.3 Å². The Kier molecular flexibility index (Phi) is 13.2. The summed E-state index contributed by atoms with van der Waals surface area (Å²) in [7, 11) is 0. The van der Waals surface area contributed by atoms with Gasteiger partial charge in [0.2, 0.25) is 29.4 Å². The predicted molar refractivity (Wildman–Crippen MR) is 198 cm³/mol. The minimum absolute atomic E-state index is 0.00509. The van der Waals surface area contributed by atoms with Crippen molar-refractivity contribution >= 4 is 41.4 Å². The van der Waals surface area contributed by atoms with Gasteiger partial charge in [-0.05, 0) is 52.8 Å². The summed E-state index contributed by atoms with van der Waals surface area (Å²) in [6.45, 7) is 25.0. The van der Waals surface area contributed by atoms with E-state index in [1.807, 2.05) is 62.3 Å². The van der Waals surface area contributed by atoms with E-state index in [0.717, 1.165) is 6.42 Å². The van der Waals surface area contributed by atoms with Crippen molar-refractivity contribution in [3.05, 3.63) is 12.7 Å². The van der Waals surface area contributed by atoms with Gasteiger partial charge < -0.3 is 26.2 Å². The van der Waals surface area contributed by atoms with Crippen molar-refractivity contribution in [1.82, 2.24) is 31.1 Å². The Morgan fingerprint density at radius 2 is 1.52 bits per heavy atom. The van der Waals surface area contributed by atoms with Crippen LogP contribution in [-0.4, -0.2) is 95.0 Å². The summed E-state index contributed by atoms with van der Waals surface area (Å²) in [6, 6.07) is -4.28. The van der Waals surface area contributed by atoms with E-state index in [-0.39, 0.29) is 61.4 Å². The fraction of sp³-hybridized carbons (Fsp3) is 0.769. The van der Waals surface area contributed by atoms with Gasteiger partial charge in [-0.15, -0.1) is 6.58 Å². The fourth-order valence-electron chi connectivity index (χ4n) is 7.89. The molecule has 13 heteroatoms. The van der Waals surface area contributed by atoms with Crippen LogP contribution >= 0.6 is 0 Å². The number of rotatable bonds is 13. The summed E-state index contributed by atoms with van der Waals surface area (Å²) in [5.41, 5.74) is -1.92. The van der Waals surface area contributed by atoms with Crippen LogP contribution in [-0.2, 0) is 28.8 Å². The predicted octanol–water partition coefficient (Wildman–Crippen LogP) is 3.71. The quantitative estimate of drug-likeness (QED) is 0.127. The third-order valence-corrected chi connectivity index (χ3v) is 11.1. The van der Waals surface area contributed by atoms with Crippen LogP contribution in [0.3, 0.4) is 0 Å². The smallest absolute Gasteiger partial charge is 0.315 e. The largest absolute Gasteiger partial charge is 0.346 e. The number of nitrogens with zero attached hydrogens (tertiary/aromatic N) is 2. The molecule has 0 aromatic carbocycles. The Morgan fingerprint density at radius 3 is 2.04 bits per heavy atom. The highest BCUT2D eigenvalue weighted by Crippen LogP contribution is 2.53. The van der Waals surface area contributed by atoms with Gasteiger partial charge in [-0.1, -0.05) is 88.7 Å². The van der Waals surface area contributed by atoms with E-state index in [1.165, 1.54) is 11.0 Å². The van der Waals surface area contributed by atoms with E-state index in [4.69, 9.17) is 0 Å². The third kappa shape index (κ3) is 10.0. The first-order chi connectivity index (χ1) is 23.8. The van der Waals surface area contributed by atoms with E-state index in [0.29, 0.717) is 19.4 Å². The van der Waals surface area contributed by atoms with Gasteiger partial charge in [0.25, 0.3) is 5.91 Å². The first-order valence-corrected chi connectivity index (χ1v) is 18.8. The lowest BCUT2D eigenvalue weighted by molar-refractivity contribution is -0.153. The van der Waals surface area contributed by atoms with Gasteiger partial charge in [0.05, 0.1) is 12.1 Å². The van der Waals surface area contributed by atoms with E-state index in [9.17, 15) is 33.6 Å². The van der Waals surface area contributed by atoms with Gasteiger partial charge in [0.1, 0.15) is 12.1 Å². The number of hydrogen-bond donors (Lipinski definition) is 4. The van der Waals surface area contributed by atoms with E-state index < -0.39 is 69.9 Å². The van der Waals surface area contributed by atoms with Gasteiger partial charge in [-0.3, -0.25) is 33.7 Å². The summed E-state index contributed by atoms with van der Waals surface area (Å²) in [6.07, 6.45) is 4.27. The molecule has 7 amide bonds. The summed E-state index contributed by atoms with van der Waals surface area (Å²) in [5.74, 6) is -3.22. The molecule has 4 N–H and O–H groups in total. The van der Waals surface area contributed by atoms with E-state index in [1.54, 1.807) is 4.90 Å². The molecule has 292 valence electrons. The standard InChI is InChI=1S/C39H64N6O7/c1-13-15-25(30(48)33(50)40-18-14-2)41-32(49)29-23-16-17-39(11,12)24(23)21-45(29)34(51)31(37(6,7)8)43-35(52)42-26(36(3,4)5)22-44-27(46)19-38(9,10)20-28(44)47/h14,23-26,29,31H,2,13,15-22H2,1,3-12H3,(H,40,50)(H,41,49)(H2,42,43,52)/t23-,24-,25?,26+,29-,31+/m0/s1. The topological polar surface area (TPSA) is 174 Å². The third-order valence-electron chi connectivity index (χ3n) is 11.1. The fourth-order valence-corrected chi connectivity index (χ4v) is 7.89. The van der Waals surface area contributed by atoms with Gasteiger partial charge in [-0.25, -0.2) is 4.79 Å². The molecule has 0 aromatic heterocycles. The Hall–Kier alpha value is -3.77. The van der Waals surface area contributed by atoms with Gasteiger partial charge >= 0.3 is 6.03 Å². The molecule has 0 aromatic rings. The van der Waals surface area contributed by atoms with Crippen molar-refractivity contribution in [2.24, 2.45) is 33.5 Å². The lowest BCUT2D eigenvalue weighted by Crippen LogP contribution is -2.63. The molecule has 1 unspecified atom stereocenters.